The Bertz CT molecular complexity index is 798. The van der Waals surface area contributed by atoms with Crippen LogP contribution in [-0.2, 0) is 16.4 Å². The van der Waals surface area contributed by atoms with Crippen molar-refractivity contribution in [3.05, 3.63) is 65.7 Å². The molecule has 0 amide bonds. The summed E-state index contributed by atoms with van der Waals surface area (Å²) in [6, 6.07) is 11.9. The summed E-state index contributed by atoms with van der Waals surface area (Å²) in [5.41, 5.74) is 1.05. The molecule has 0 radical (unpaired) electrons. The molecule has 0 aliphatic carbocycles. The second-order valence-electron chi connectivity index (χ2n) is 6.11. The molecule has 0 saturated carbocycles. The molecule has 6 heteroatoms. The van der Waals surface area contributed by atoms with Gasteiger partial charge in [0.05, 0.1) is 0 Å². The van der Waals surface area contributed by atoms with E-state index in [4.69, 9.17) is 0 Å². The van der Waals surface area contributed by atoms with Crippen LogP contribution in [0.2, 0.25) is 0 Å². The zero-order chi connectivity index (χ0) is 17.2. The lowest BCUT2D eigenvalue weighted by molar-refractivity contribution is 0.272. The lowest BCUT2D eigenvalue weighted by Gasteiger charge is -2.31. The van der Waals surface area contributed by atoms with Crippen LogP contribution >= 0.6 is 0 Å². The summed E-state index contributed by atoms with van der Waals surface area (Å²) in [4.78, 5) is -0.262. The number of piperidine rings is 1. The molecule has 1 saturated heterocycles. The van der Waals surface area contributed by atoms with Crippen LogP contribution in [0.1, 0.15) is 18.4 Å². The van der Waals surface area contributed by atoms with Crippen LogP contribution in [0.15, 0.2) is 53.4 Å². The van der Waals surface area contributed by atoms with E-state index in [0.717, 1.165) is 18.1 Å². The van der Waals surface area contributed by atoms with Crippen LogP contribution in [0, 0.1) is 17.6 Å². The Labute approximate surface area is 141 Å². The number of rotatable bonds is 4. The first-order valence-corrected chi connectivity index (χ1v) is 9.40. The van der Waals surface area contributed by atoms with Crippen molar-refractivity contribution in [2.75, 3.05) is 13.1 Å². The molecule has 3 nitrogen and oxygen atoms in total. The molecule has 3 rings (SSSR count). The van der Waals surface area contributed by atoms with E-state index in [1.165, 1.54) is 34.6 Å². The monoisotopic (exact) mass is 351 g/mol. The maximum atomic E-state index is 13.8. The molecule has 1 heterocycles. The van der Waals surface area contributed by atoms with E-state index >= 15 is 0 Å². The Morgan fingerprint density at radius 3 is 2.21 bits per heavy atom. The van der Waals surface area contributed by atoms with Crippen LogP contribution in [-0.4, -0.2) is 25.8 Å². The number of hydrogen-bond acceptors (Lipinski definition) is 2. The van der Waals surface area contributed by atoms with Crippen molar-refractivity contribution in [2.45, 2.75) is 24.2 Å². The minimum absolute atomic E-state index is 0.260. The highest BCUT2D eigenvalue weighted by Gasteiger charge is 2.31. The van der Waals surface area contributed by atoms with Gasteiger partial charge in [0.15, 0.2) is 0 Å². The largest absolute Gasteiger partial charge is 0.245 e. The first-order chi connectivity index (χ1) is 11.5. The molecule has 0 bridgehead atoms. The van der Waals surface area contributed by atoms with Gasteiger partial charge in [0.25, 0.3) is 0 Å². The van der Waals surface area contributed by atoms with Gasteiger partial charge in [0.2, 0.25) is 10.0 Å². The van der Waals surface area contributed by atoms with Crippen molar-refractivity contribution >= 4 is 10.0 Å². The van der Waals surface area contributed by atoms with Crippen molar-refractivity contribution < 1.29 is 17.2 Å². The second kappa shape index (κ2) is 6.99. The van der Waals surface area contributed by atoms with Gasteiger partial charge in [0.1, 0.15) is 16.5 Å². The normalized spacial score (nSPS) is 17.1. The molecule has 128 valence electrons. The minimum atomic E-state index is -3.79. The summed E-state index contributed by atoms with van der Waals surface area (Å²) in [6.07, 6.45) is 2.23. The van der Waals surface area contributed by atoms with Gasteiger partial charge < -0.3 is 0 Å². The predicted molar refractivity (Wildman–Crippen MR) is 88.0 cm³/mol. The summed E-state index contributed by atoms with van der Waals surface area (Å²) in [7, 11) is -3.79. The van der Waals surface area contributed by atoms with Crippen LogP contribution in [0.25, 0.3) is 0 Å². The average molecular weight is 351 g/mol. The molecule has 1 aliphatic rings. The van der Waals surface area contributed by atoms with Crippen molar-refractivity contribution in [1.82, 2.24) is 4.31 Å². The van der Waals surface area contributed by atoms with Crippen LogP contribution in [0.3, 0.4) is 0 Å². The van der Waals surface area contributed by atoms with Gasteiger partial charge in [-0.2, -0.15) is 4.31 Å². The molecule has 0 unspecified atom stereocenters. The third-order valence-corrected chi connectivity index (χ3v) is 6.40. The zero-order valence-electron chi connectivity index (χ0n) is 13.2. The van der Waals surface area contributed by atoms with Crippen molar-refractivity contribution in [3.63, 3.8) is 0 Å². The Morgan fingerprint density at radius 1 is 0.958 bits per heavy atom. The topological polar surface area (TPSA) is 37.4 Å². The third-order valence-electron chi connectivity index (χ3n) is 4.47. The molecular formula is C18H19F2NO2S. The standard InChI is InChI=1S/C18H19F2NO2S/c19-16-7-5-14(6-8-16)13-15-9-11-21(12-10-15)24(22,23)18-4-2-1-3-17(18)20/h1-8,15H,9-13H2. The number of hydrogen-bond donors (Lipinski definition) is 0. The van der Waals surface area contributed by atoms with Crippen LogP contribution in [0.5, 0.6) is 0 Å². The third kappa shape index (κ3) is 3.65. The lowest BCUT2D eigenvalue weighted by Crippen LogP contribution is -2.39. The quantitative estimate of drug-likeness (QED) is 0.844. The summed E-state index contributed by atoms with van der Waals surface area (Å²) in [5.74, 6) is -0.627. The minimum Gasteiger partial charge on any atom is -0.207 e. The zero-order valence-corrected chi connectivity index (χ0v) is 14.0. The first kappa shape index (κ1) is 17.0. The van der Waals surface area contributed by atoms with E-state index in [1.807, 2.05) is 0 Å². The van der Waals surface area contributed by atoms with Gasteiger partial charge in [0, 0.05) is 13.1 Å². The smallest absolute Gasteiger partial charge is 0.207 e. The highest BCUT2D eigenvalue weighted by atomic mass is 32.2. The molecule has 24 heavy (non-hydrogen) atoms. The molecule has 2 aromatic carbocycles. The van der Waals surface area contributed by atoms with Crippen LogP contribution < -0.4 is 0 Å². The molecule has 2 aromatic rings. The van der Waals surface area contributed by atoms with Crippen molar-refractivity contribution in [3.8, 4) is 0 Å². The van der Waals surface area contributed by atoms with Gasteiger partial charge in [-0.05, 0) is 55.0 Å². The van der Waals surface area contributed by atoms with Gasteiger partial charge in [-0.1, -0.05) is 24.3 Å². The van der Waals surface area contributed by atoms with E-state index in [9.17, 15) is 17.2 Å². The summed E-state index contributed by atoms with van der Waals surface area (Å²) >= 11 is 0. The van der Waals surface area contributed by atoms with Crippen molar-refractivity contribution in [1.29, 1.82) is 0 Å². The number of sulfonamides is 1. The van der Waals surface area contributed by atoms with Gasteiger partial charge in [-0.25, -0.2) is 17.2 Å². The Hall–Kier alpha value is -1.79. The molecule has 1 aliphatic heterocycles. The fourth-order valence-electron chi connectivity index (χ4n) is 3.10. The Balaban J connectivity index is 1.64. The lowest BCUT2D eigenvalue weighted by atomic mass is 9.91. The molecular weight excluding hydrogens is 332 g/mol. The fraction of sp³-hybridized carbons (Fsp3) is 0.333. The van der Waals surface area contributed by atoms with E-state index < -0.39 is 15.8 Å². The summed E-state index contributed by atoms with van der Waals surface area (Å²) in [6.45, 7) is 0.755. The summed E-state index contributed by atoms with van der Waals surface area (Å²) < 4.78 is 53.2. The van der Waals surface area contributed by atoms with E-state index in [-0.39, 0.29) is 10.7 Å². The number of benzene rings is 2. The van der Waals surface area contributed by atoms with Crippen molar-refractivity contribution in [2.24, 2.45) is 5.92 Å². The number of nitrogens with zero attached hydrogens (tertiary/aromatic N) is 1. The fourth-order valence-corrected chi connectivity index (χ4v) is 4.64. The molecule has 0 aromatic heterocycles. The highest BCUT2D eigenvalue weighted by molar-refractivity contribution is 7.89. The molecule has 0 atom stereocenters. The number of halogens is 2. The van der Waals surface area contributed by atoms with E-state index in [0.29, 0.717) is 31.8 Å². The van der Waals surface area contributed by atoms with Gasteiger partial charge >= 0.3 is 0 Å². The van der Waals surface area contributed by atoms with Gasteiger partial charge in [-0.15, -0.1) is 0 Å². The molecule has 0 spiro atoms. The maximum Gasteiger partial charge on any atom is 0.245 e. The van der Waals surface area contributed by atoms with E-state index in [1.54, 1.807) is 12.1 Å². The molecule has 1 fully saturated rings. The SMILES string of the molecule is O=S(=O)(c1ccccc1F)N1CCC(Cc2ccc(F)cc2)CC1. The highest BCUT2D eigenvalue weighted by Crippen LogP contribution is 2.27. The second-order valence-corrected chi connectivity index (χ2v) is 8.01. The van der Waals surface area contributed by atoms with Crippen LogP contribution in [0.4, 0.5) is 8.78 Å². The predicted octanol–water partition coefficient (Wildman–Crippen LogP) is 3.61. The van der Waals surface area contributed by atoms with E-state index in [2.05, 4.69) is 0 Å². The summed E-state index contributed by atoms with van der Waals surface area (Å²) in [5, 5.41) is 0. The Kier molecular flexibility index (Phi) is 4.96. The average Bonchev–Trinajstić information content (AvgIpc) is 2.58. The Morgan fingerprint density at radius 2 is 1.58 bits per heavy atom. The van der Waals surface area contributed by atoms with Gasteiger partial charge in [-0.3, -0.25) is 0 Å². The molecule has 0 N–H and O–H groups in total. The maximum absolute atomic E-state index is 13.8. The first-order valence-electron chi connectivity index (χ1n) is 7.96.